The van der Waals surface area contributed by atoms with Crippen LogP contribution in [0, 0.1) is 0 Å². The lowest BCUT2D eigenvalue weighted by molar-refractivity contribution is -0.197. The van der Waals surface area contributed by atoms with Crippen LogP contribution in [-0.2, 0) is 47.7 Å². The van der Waals surface area contributed by atoms with Crippen molar-refractivity contribution in [1.82, 2.24) is 9.55 Å². The molecule has 0 unspecified atom stereocenters. The summed E-state index contributed by atoms with van der Waals surface area (Å²) in [5, 5.41) is 3.95. The molecule has 1 aromatic heterocycles. The number of carbonyl (C=O) groups is 6. The summed E-state index contributed by atoms with van der Waals surface area (Å²) in [6.45, 7) is 5.66. The van der Waals surface area contributed by atoms with Gasteiger partial charge in [-0.05, 0) is 0 Å². The Labute approximate surface area is 251 Å². The van der Waals surface area contributed by atoms with Gasteiger partial charge in [0, 0.05) is 53.2 Å². The number of ether oxygens (including phenoxy) is 5. The van der Waals surface area contributed by atoms with Crippen LogP contribution in [0.4, 0.5) is 5.95 Å². The van der Waals surface area contributed by atoms with Gasteiger partial charge in [0.05, 0.1) is 11.9 Å². The molecule has 0 bridgehead atoms. The molecule has 1 heterocycles. The molecular formula is C28H32N4O12. The highest BCUT2D eigenvalue weighted by molar-refractivity contribution is 5.80. The van der Waals surface area contributed by atoms with Crippen molar-refractivity contribution in [3.8, 4) is 11.3 Å². The van der Waals surface area contributed by atoms with E-state index < -0.39 is 72.3 Å². The van der Waals surface area contributed by atoms with E-state index in [1.807, 2.05) is 0 Å². The number of nitrogens with zero attached hydrogens (tertiary/aromatic N) is 3. The maximum absolute atomic E-state index is 12.8. The topological polar surface area (TPSA) is 208 Å². The molecule has 1 aromatic carbocycles. The Morgan fingerprint density at radius 1 is 0.818 bits per heavy atom. The largest absolute Gasteiger partial charge is 0.462 e. The van der Waals surface area contributed by atoms with Crippen LogP contribution in [0.25, 0.3) is 11.3 Å². The van der Waals surface area contributed by atoms with Gasteiger partial charge in [0.1, 0.15) is 6.61 Å². The van der Waals surface area contributed by atoms with Crippen molar-refractivity contribution in [1.29, 1.82) is 0 Å². The van der Waals surface area contributed by atoms with Crippen molar-refractivity contribution in [2.75, 3.05) is 12.0 Å². The van der Waals surface area contributed by atoms with Crippen LogP contribution in [-0.4, -0.2) is 82.5 Å². The lowest BCUT2D eigenvalue weighted by Crippen LogP contribution is -2.53. The number of hydrogen-bond acceptors (Lipinski definition) is 15. The third kappa shape index (κ3) is 10.8. The van der Waals surface area contributed by atoms with Crippen molar-refractivity contribution < 1.29 is 52.5 Å². The molecule has 0 saturated carbocycles. The van der Waals surface area contributed by atoms with E-state index in [1.165, 1.54) is 0 Å². The van der Waals surface area contributed by atoms with Gasteiger partial charge in [0.25, 0.3) is 5.56 Å². The average molecular weight is 617 g/mol. The molecule has 0 saturated heterocycles. The van der Waals surface area contributed by atoms with Crippen LogP contribution < -0.4 is 11.0 Å². The highest BCUT2D eigenvalue weighted by atomic mass is 16.6. The number of carbonyl (C=O) groups excluding carboxylic acids is 6. The van der Waals surface area contributed by atoms with Gasteiger partial charge >= 0.3 is 29.8 Å². The summed E-state index contributed by atoms with van der Waals surface area (Å²) in [5.41, 5.74) is 2.50. The fourth-order valence-corrected chi connectivity index (χ4v) is 3.83. The Hall–Kier alpha value is -5.41. The van der Waals surface area contributed by atoms with Gasteiger partial charge in [-0.15, -0.1) is 0 Å². The molecular weight excluding hydrogens is 584 g/mol. The third-order valence-corrected chi connectivity index (χ3v) is 5.38. The minimum atomic E-state index is -1.72. The molecule has 1 N–H and O–H groups in total. The van der Waals surface area contributed by atoms with E-state index in [2.05, 4.69) is 15.5 Å². The van der Waals surface area contributed by atoms with Gasteiger partial charge < -0.3 is 23.7 Å². The Morgan fingerprint density at radius 2 is 1.39 bits per heavy atom. The van der Waals surface area contributed by atoms with E-state index in [9.17, 15) is 33.6 Å². The second-order valence-electron chi connectivity index (χ2n) is 9.09. The third-order valence-electron chi connectivity index (χ3n) is 5.38. The second-order valence-corrected chi connectivity index (χ2v) is 9.09. The van der Waals surface area contributed by atoms with Crippen LogP contribution in [0.5, 0.6) is 0 Å². The number of rotatable bonds is 13. The van der Waals surface area contributed by atoms with Gasteiger partial charge in [-0.2, -0.15) is 5.10 Å². The number of hydrogen-bond donors (Lipinski definition) is 1. The Morgan fingerprint density at radius 3 is 1.91 bits per heavy atom. The normalized spacial score (nSPS) is 13.5. The van der Waals surface area contributed by atoms with Gasteiger partial charge in [-0.25, -0.2) is 15.0 Å². The molecule has 16 heteroatoms. The highest BCUT2D eigenvalue weighted by Crippen LogP contribution is 2.20. The molecule has 0 amide bonds. The minimum Gasteiger partial charge on any atom is -0.462 e. The molecule has 0 aliphatic heterocycles. The summed E-state index contributed by atoms with van der Waals surface area (Å²) >= 11 is 0. The quantitative estimate of drug-likeness (QED) is 0.145. The van der Waals surface area contributed by atoms with E-state index in [-0.39, 0.29) is 11.6 Å². The number of benzene rings is 1. The van der Waals surface area contributed by atoms with Crippen LogP contribution in [0.3, 0.4) is 0 Å². The van der Waals surface area contributed by atoms with Crippen molar-refractivity contribution in [2.45, 2.75) is 66.0 Å². The molecule has 0 aliphatic rings. The van der Waals surface area contributed by atoms with Gasteiger partial charge in [-0.1, -0.05) is 30.3 Å². The van der Waals surface area contributed by atoms with Crippen molar-refractivity contribution in [3.63, 3.8) is 0 Å². The fraction of sp³-hybridized carbons (Fsp3) is 0.393. The van der Waals surface area contributed by atoms with E-state index in [0.29, 0.717) is 10.1 Å². The number of hydrazone groups is 1. The first-order chi connectivity index (χ1) is 20.7. The Bertz CT molecular complexity index is 1470. The van der Waals surface area contributed by atoms with Crippen LogP contribution >= 0.6 is 0 Å². The second kappa shape index (κ2) is 16.3. The number of esters is 5. The molecule has 236 valence electrons. The Balaban J connectivity index is 2.61. The summed E-state index contributed by atoms with van der Waals surface area (Å²) in [7, 11) is 0. The molecule has 44 heavy (non-hydrogen) atoms. The molecule has 0 fully saturated rings. The first-order valence-electron chi connectivity index (χ1n) is 13.0. The summed E-state index contributed by atoms with van der Waals surface area (Å²) in [6, 6.07) is 9.75. The van der Waals surface area contributed by atoms with E-state index in [1.54, 1.807) is 30.3 Å². The first kappa shape index (κ1) is 34.8. The van der Waals surface area contributed by atoms with E-state index in [0.717, 1.165) is 53.8 Å². The van der Waals surface area contributed by atoms with Crippen LogP contribution in [0.15, 0.2) is 46.3 Å². The standard InChI is InChI=1S/C28H32N4O12/c1-15(33)32-25(39)12-22(21-10-8-7-9-11-21)30-28(32)31-29-13-23(41-17(3)35)26(43-19(5)37)27(44-20(6)38)24(42-18(4)36)14-40-16(2)34/h7-13,23-24,26-27H,14H2,1-6H3,(H,30,31)/b29-13+/t23-,24+,26+,27-/m0/s1. The Kier molecular flexibility index (Phi) is 12.9. The summed E-state index contributed by atoms with van der Waals surface area (Å²) in [4.78, 5) is 88.9. The summed E-state index contributed by atoms with van der Waals surface area (Å²) in [6.07, 6.45) is -5.67. The molecule has 2 rings (SSSR count). The number of nitrogens with one attached hydrogen (secondary N) is 1. The minimum absolute atomic E-state index is 0.213. The fourth-order valence-electron chi connectivity index (χ4n) is 3.83. The van der Waals surface area contributed by atoms with Gasteiger partial charge in [0.15, 0.2) is 24.4 Å². The number of aromatic nitrogens is 2. The van der Waals surface area contributed by atoms with Crippen molar-refractivity contribution >= 4 is 47.9 Å². The molecule has 0 radical (unpaired) electrons. The lowest BCUT2D eigenvalue weighted by atomic mass is 10.0. The van der Waals surface area contributed by atoms with Crippen molar-refractivity contribution in [3.05, 3.63) is 46.8 Å². The SMILES string of the molecule is CC(=O)OC[C@@H](OC(C)=O)[C@H](OC(C)=O)[C@H](OC(C)=O)[C@H](/C=N/Nc1nc(-c2ccccc2)cc(=O)n1C(C)=O)OC(C)=O. The van der Waals surface area contributed by atoms with Crippen molar-refractivity contribution in [2.24, 2.45) is 5.10 Å². The zero-order valence-corrected chi connectivity index (χ0v) is 24.8. The first-order valence-corrected chi connectivity index (χ1v) is 13.0. The van der Waals surface area contributed by atoms with Gasteiger partial charge in [-0.3, -0.25) is 33.6 Å². The molecule has 0 aliphatic carbocycles. The average Bonchev–Trinajstić information content (AvgIpc) is 2.91. The zero-order chi connectivity index (χ0) is 33.0. The maximum Gasteiger partial charge on any atom is 0.303 e. The lowest BCUT2D eigenvalue weighted by Gasteiger charge is -2.34. The van der Waals surface area contributed by atoms with E-state index >= 15 is 0 Å². The zero-order valence-electron chi connectivity index (χ0n) is 24.8. The van der Waals surface area contributed by atoms with Crippen LogP contribution in [0.1, 0.15) is 46.3 Å². The molecule has 4 atom stereocenters. The highest BCUT2D eigenvalue weighted by Gasteiger charge is 2.43. The predicted octanol–water partition coefficient (Wildman–Crippen LogP) is 1.26. The van der Waals surface area contributed by atoms with E-state index in [4.69, 9.17) is 23.7 Å². The summed E-state index contributed by atoms with van der Waals surface area (Å²) in [5.74, 6) is -5.38. The van der Waals surface area contributed by atoms with Crippen LogP contribution in [0.2, 0.25) is 0 Å². The predicted molar refractivity (Wildman–Crippen MR) is 151 cm³/mol. The monoisotopic (exact) mass is 616 g/mol. The smallest absolute Gasteiger partial charge is 0.303 e. The molecule has 0 spiro atoms. The molecule has 2 aromatic rings. The maximum atomic E-state index is 12.8. The number of anilines is 1. The summed E-state index contributed by atoms with van der Waals surface area (Å²) < 4.78 is 26.8. The van der Waals surface area contributed by atoms with Gasteiger partial charge in [0.2, 0.25) is 11.9 Å². The molecule has 16 nitrogen and oxygen atoms in total.